The van der Waals surface area contributed by atoms with Gasteiger partial charge in [-0.2, -0.15) is 5.10 Å². The summed E-state index contributed by atoms with van der Waals surface area (Å²) in [6.45, 7) is 7.81. The Morgan fingerprint density at radius 3 is 2.71 bits per heavy atom. The first-order chi connectivity index (χ1) is 6.57. The van der Waals surface area contributed by atoms with Crippen molar-refractivity contribution in [3.8, 4) is 0 Å². The van der Waals surface area contributed by atoms with Crippen LogP contribution in [-0.4, -0.2) is 35.0 Å². The molecule has 76 valence electrons. The van der Waals surface area contributed by atoms with Crippen LogP contribution < -0.4 is 0 Å². The molecule has 0 fully saturated rings. The van der Waals surface area contributed by atoms with Gasteiger partial charge in [0.25, 0.3) is 0 Å². The van der Waals surface area contributed by atoms with Crippen molar-refractivity contribution in [3.05, 3.63) is 18.0 Å². The van der Waals surface area contributed by atoms with Crippen molar-refractivity contribution >= 4 is 25.0 Å². The highest BCUT2D eigenvalue weighted by molar-refractivity contribution is 8.14. The third-order valence-electron chi connectivity index (χ3n) is 2.10. The fourth-order valence-corrected chi connectivity index (χ4v) is 3.07. The fourth-order valence-electron chi connectivity index (χ4n) is 1.31. The van der Waals surface area contributed by atoms with Crippen LogP contribution in [0, 0.1) is 0 Å². The van der Waals surface area contributed by atoms with Gasteiger partial charge in [0, 0.05) is 24.1 Å². The van der Waals surface area contributed by atoms with E-state index < -0.39 is 8.24 Å². The number of hydrogen-bond acceptors (Lipinski definition) is 3. The molecule has 2 heterocycles. The quantitative estimate of drug-likeness (QED) is 0.721. The zero-order chi connectivity index (χ0) is 10.2. The van der Waals surface area contributed by atoms with E-state index in [4.69, 9.17) is 0 Å². The molecule has 0 saturated carbocycles. The minimum absolute atomic E-state index is 0.956. The highest BCUT2D eigenvalue weighted by Gasteiger charge is 2.19. The minimum Gasteiger partial charge on any atom is -0.301 e. The Morgan fingerprint density at radius 1 is 1.43 bits per heavy atom. The summed E-state index contributed by atoms with van der Waals surface area (Å²) in [4.78, 5) is 4.44. The van der Waals surface area contributed by atoms with Crippen molar-refractivity contribution in [1.29, 1.82) is 0 Å². The average molecular weight is 225 g/mol. The molecule has 3 nitrogen and oxygen atoms in total. The van der Waals surface area contributed by atoms with Crippen molar-refractivity contribution < 1.29 is 0 Å². The van der Waals surface area contributed by atoms with E-state index in [2.05, 4.69) is 40.3 Å². The van der Waals surface area contributed by atoms with Crippen LogP contribution in [0.2, 0.25) is 19.6 Å². The van der Waals surface area contributed by atoms with E-state index in [9.17, 15) is 0 Å². The van der Waals surface area contributed by atoms with Gasteiger partial charge in [-0.25, -0.2) is 0 Å². The summed E-state index contributed by atoms with van der Waals surface area (Å²) in [5, 5.41) is 5.58. The number of hydrogen-bond donors (Lipinski definition) is 0. The highest BCUT2D eigenvalue weighted by atomic mass is 32.2. The molecule has 0 amide bonds. The van der Waals surface area contributed by atoms with Gasteiger partial charge in [-0.05, 0) is 19.6 Å². The number of aliphatic imine (C=N–C) groups is 1. The van der Waals surface area contributed by atoms with E-state index in [1.165, 1.54) is 5.56 Å². The van der Waals surface area contributed by atoms with E-state index in [-0.39, 0.29) is 0 Å². The van der Waals surface area contributed by atoms with Gasteiger partial charge in [0.2, 0.25) is 0 Å². The molecule has 1 aromatic rings. The first-order valence-electron chi connectivity index (χ1n) is 4.80. The molecule has 1 aliphatic rings. The number of nitrogens with zero attached hydrogens (tertiary/aromatic N) is 3. The lowest BCUT2D eigenvalue weighted by Crippen LogP contribution is -2.32. The minimum atomic E-state index is -1.32. The van der Waals surface area contributed by atoms with Crippen LogP contribution >= 0.6 is 11.8 Å². The summed E-state index contributed by atoms with van der Waals surface area (Å²) in [6.07, 6.45) is 4.08. The predicted octanol–water partition coefficient (Wildman–Crippen LogP) is 2.06. The second-order valence-electron chi connectivity index (χ2n) is 4.38. The third kappa shape index (κ3) is 1.93. The van der Waals surface area contributed by atoms with Gasteiger partial charge in [0.15, 0.2) is 8.24 Å². The maximum atomic E-state index is 4.44. The lowest BCUT2D eigenvalue weighted by Gasteiger charge is -2.15. The molecule has 14 heavy (non-hydrogen) atoms. The average Bonchev–Trinajstić information content (AvgIpc) is 2.73. The maximum absolute atomic E-state index is 4.44. The van der Waals surface area contributed by atoms with Gasteiger partial charge in [0.1, 0.15) is 5.04 Å². The predicted molar refractivity (Wildman–Crippen MR) is 64.8 cm³/mol. The Labute approximate surface area is 89.7 Å². The lowest BCUT2D eigenvalue weighted by molar-refractivity contribution is 0.934. The molecule has 0 N–H and O–H groups in total. The molecule has 0 radical (unpaired) electrons. The van der Waals surface area contributed by atoms with Gasteiger partial charge >= 0.3 is 0 Å². The first kappa shape index (κ1) is 9.98. The zero-order valence-corrected chi connectivity index (χ0v) is 10.6. The second-order valence-corrected chi connectivity index (χ2v) is 10.3. The molecular weight excluding hydrogens is 210 g/mol. The molecule has 5 heteroatoms. The maximum Gasteiger partial charge on any atom is 0.175 e. The number of aromatic nitrogens is 2. The largest absolute Gasteiger partial charge is 0.301 e. The van der Waals surface area contributed by atoms with Crippen molar-refractivity contribution in [2.24, 2.45) is 4.99 Å². The standard InChI is InChI=1S/C9H15N3SSi/c1-14(2,3)12-7-8(6-11-12)9-10-4-5-13-9/h6-7H,4-5H2,1-3H3. The summed E-state index contributed by atoms with van der Waals surface area (Å²) in [5.74, 6) is 1.12. The molecule has 1 aromatic heterocycles. The first-order valence-corrected chi connectivity index (χ1v) is 9.23. The van der Waals surface area contributed by atoms with Crippen LogP contribution in [0.15, 0.2) is 17.4 Å². The van der Waals surface area contributed by atoms with Crippen molar-refractivity contribution in [2.75, 3.05) is 12.3 Å². The Kier molecular flexibility index (Phi) is 2.53. The van der Waals surface area contributed by atoms with Crippen molar-refractivity contribution in [3.63, 3.8) is 0 Å². The van der Waals surface area contributed by atoms with Gasteiger partial charge in [-0.15, -0.1) is 11.8 Å². The molecule has 0 aromatic carbocycles. The summed E-state index contributed by atoms with van der Waals surface area (Å²) in [6, 6.07) is 0. The van der Waals surface area contributed by atoms with E-state index in [1.807, 2.05) is 18.0 Å². The molecule has 0 unspecified atom stereocenters. The van der Waals surface area contributed by atoms with Gasteiger partial charge in [0.05, 0.1) is 6.20 Å². The number of rotatable bonds is 2. The highest BCUT2D eigenvalue weighted by Crippen LogP contribution is 2.19. The molecule has 1 aliphatic heterocycles. The Balaban J connectivity index is 2.26. The number of thioether (sulfide) groups is 1. The summed E-state index contributed by atoms with van der Waals surface area (Å²) in [7, 11) is -1.32. The third-order valence-corrected chi connectivity index (χ3v) is 4.75. The lowest BCUT2D eigenvalue weighted by atomic mass is 10.4. The van der Waals surface area contributed by atoms with Crippen LogP contribution in [0.1, 0.15) is 5.56 Å². The summed E-state index contributed by atoms with van der Waals surface area (Å²) >= 11 is 1.83. The van der Waals surface area contributed by atoms with Crippen molar-refractivity contribution in [1.82, 2.24) is 9.45 Å². The van der Waals surface area contributed by atoms with E-state index in [0.29, 0.717) is 0 Å². The smallest absolute Gasteiger partial charge is 0.175 e. The normalized spacial score (nSPS) is 17.2. The van der Waals surface area contributed by atoms with Crippen molar-refractivity contribution in [2.45, 2.75) is 19.6 Å². The van der Waals surface area contributed by atoms with Crippen LogP contribution in [0.4, 0.5) is 0 Å². The molecule has 0 atom stereocenters. The molecule has 0 saturated heterocycles. The van der Waals surface area contributed by atoms with Gasteiger partial charge in [-0.1, -0.05) is 0 Å². The van der Waals surface area contributed by atoms with Crippen LogP contribution in [0.25, 0.3) is 0 Å². The monoisotopic (exact) mass is 225 g/mol. The molecule has 0 bridgehead atoms. The van der Waals surface area contributed by atoms with Crippen LogP contribution in [0.3, 0.4) is 0 Å². The van der Waals surface area contributed by atoms with E-state index >= 15 is 0 Å². The fraction of sp³-hybridized carbons (Fsp3) is 0.556. The van der Waals surface area contributed by atoms with Gasteiger partial charge < -0.3 is 4.35 Å². The molecule has 0 aliphatic carbocycles. The molecular formula is C9H15N3SSi. The zero-order valence-electron chi connectivity index (χ0n) is 8.82. The van der Waals surface area contributed by atoms with Crippen LogP contribution in [-0.2, 0) is 0 Å². The van der Waals surface area contributed by atoms with Crippen LogP contribution in [0.5, 0.6) is 0 Å². The van der Waals surface area contributed by atoms with Gasteiger partial charge in [-0.3, -0.25) is 4.99 Å². The summed E-state index contributed by atoms with van der Waals surface area (Å²) < 4.78 is 2.13. The Hall–Kier alpha value is -0.553. The van der Waals surface area contributed by atoms with E-state index in [0.717, 1.165) is 17.3 Å². The summed E-state index contributed by atoms with van der Waals surface area (Å²) in [5.41, 5.74) is 1.19. The molecule has 0 spiro atoms. The molecule has 2 rings (SSSR count). The SMILES string of the molecule is C[Si](C)(C)n1cc(C2=NCCS2)cn1. The Morgan fingerprint density at radius 2 is 2.21 bits per heavy atom. The topological polar surface area (TPSA) is 30.2 Å². The second kappa shape index (κ2) is 3.55. The Bertz CT molecular complexity index is 364. The van der Waals surface area contributed by atoms with E-state index in [1.54, 1.807) is 0 Å².